The maximum Gasteiger partial charge on any atom is 0.227 e. The topological polar surface area (TPSA) is 29.3 Å². The van der Waals surface area contributed by atoms with Crippen molar-refractivity contribution in [2.45, 2.75) is 12.8 Å². The number of anilines is 3. The maximum atomic E-state index is 6.47. The van der Waals surface area contributed by atoms with Crippen LogP contribution in [-0.4, -0.2) is 4.98 Å². The number of oxazole rings is 1. The van der Waals surface area contributed by atoms with Crippen LogP contribution in [0.25, 0.3) is 70.6 Å². The van der Waals surface area contributed by atoms with Crippen LogP contribution in [0.4, 0.5) is 17.1 Å². The number of aromatic nitrogens is 1. The SMILES string of the molecule is C1=CCCC(c2ccc(N(c3ccc4c(c3)sc3ccccc34)c3ccc4c5c(cccc35)-c3oc(-c5ccccc5)nc3-4)cc2)=C1. The number of nitrogens with zero attached hydrogens (tertiary/aromatic N) is 2. The lowest BCUT2D eigenvalue weighted by molar-refractivity contribution is 0.590. The van der Waals surface area contributed by atoms with Gasteiger partial charge >= 0.3 is 0 Å². The van der Waals surface area contributed by atoms with Crippen molar-refractivity contribution in [1.82, 2.24) is 4.98 Å². The number of rotatable bonds is 5. The summed E-state index contributed by atoms with van der Waals surface area (Å²) in [6.45, 7) is 0. The van der Waals surface area contributed by atoms with Crippen LogP contribution in [0.3, 0.4) is 0 Å². The predicted molar refractivity (Wildman–Crippen MR) is 198 cm³/mol. The summed E-state index contributed by atoms with van der Waals surface area (Å²) in [5.41, 5.74) is 10.2. The van der Waals surface area contributed by atoms with Gasteiger partial charge in [0.05, 0.1) is 5.69 Å². The molecular formula is C43H28N2OS. The molecule has 0 spiro atoms. The highest BCUT2D eigenvalue weighted by molar-refractivity contribution is 7.25. The van der Waals surface area contributed by atoms with Crippen molar-refractivity contribution in [3.63, 3.8) is 0 Å². The zero-order valence-corrected chi connectivity index (χ0v) is 26.3. The fourth-order valence-electron chi connectivity index (χ4n) is 7.31. The summed E-state index contributed by atoms with van der Waals surface area (Å²) in [6, 6.07) is 45.8. The third-order valence-electron chi connectivity index (χ3n) is 9.54. The molecule has 222 valence electrons. The first-order valence-electron chi connectivity index (χ1n) is 16.1. The zero-order valence-electron chi connectivity index (χ0n) is 25.5. The second-order valence-electron chi connectivity index (χ2n) is 12.2. The molecule has 4 heteroatoms. The van der Waals surface area contributed by atoms with E-state index in [-0.39, 0.29) is 0 Å². The molecule has 6 aromatic carbocycles. The Balaban J connectivity index is 1.15. The minimum absolute atomic E-state index is 0.657. The molecule has 0 atom stereocenters. The molecule has 0 radical (unpaired) electrons. The van der Waals surface area contributed by atoms with Crippen molar-refractivity contribution < 1.29 is 4.42 Å². The molecule has 2 aliphatic rings. The molecule has 0 saturated carbocycles. The minimum atomic E-state index is 0.657. The molecular weight excluding hydrogens is 593 g/mol. The number of fused-ring (bicyclic) bond motifs is 6. The van der Waals surface area contributed by atoms with E-state index in [9.17, 15) is 0 Å². The lowest BCUT2D eigenvalue weighted by Gasteiger charge is -2.27. The maximum absolute atomic E-state index is 6.47. The van der Waals surface area contributed by atoms with Gasteiger partial charge in [0.25, 0.3) is 0 Å². The van der Waals surface area contributed by atoms with E-state index in [0.29, 0.717) is 5.89 Å². The van der Waals surface area contributed by atoms with Gasteiger partial charge in [-0.25, -0.2) is 4.98 Å². The Morgan fingerprint density at radius 3 is 2.32 bits per heavy atom. The Morgan fingerprint density at radius 1 is 0.638 bits per heavy atom. The summed E-state index contributed by atoms with van der Waals surface area (Å²) in [5.74, 6) is 1.50. The van der Waals surface area contributed by atoms with Gasteiger partial charge in [0.2, 0.25) is 5.89 Å². The minimum Gasteiger partial charge on any atom is -0.435 e. The molecule has 0 saturated heterocycles. The summed E-state index contributed by atoms with van der Waals surface area (Å²) < 4.78 is 9.07. The third-order valence-corrected chi connectivity index (χ3v) is 10.7. The lowest BCUT2D eigenvalue weighted by atomic mass is 9.97. The number of allylic oxidation sites excluding steroid dienone is 4. The second kappa shape index (κ2) is 10.4. The van der Waals surface area contributed by atoms with E-state index < -0.39 is 0 Å². The number of hydrogen-bond acceptors (Lipinski definition) is 4. The second-order valence-corrected chi connectivity index (χ2v) is 13.3. The van der Waals surface area contributed by atoms with Crippen LogP contribution in [-0.2, 0) is 0 Å². The number of hydrogen-bond donors (Lipinski definition) is 0. The van der Waals surface area contributed by atoms with E-state index in [0.717, 1.165) is 58.0 Å². The van der Waals surface area contributed by atoms with Gasteiger partial charge in [-0.3, -0.25) is 0 Å². The van der Waals surface area contributed by atoms with E-state index >= 15 is 0 Å². The van der Waals surface area contributed by atoms with Gasteiger partial charge < -0.3 is 9.32 Å². The van der Waals surface area contributed by atoms with Crippen LogP contribution < -0.4 is 4.90 Å². The van der Waals surface area contributed by atoms with Crippen LogP contribution in [0, 0.1) is 0 Å². The highest BCUT2D eigenvalue weighted by Gasteiger charge is 2.30. The molecule has 10 rings (SSSR count). The summed E-state index contributed by atoms with van der Waals surface area (Å²) in [7, 11) is 0. The molecule has 0 N–H and O–H groups in total. The van der Waals surface area contributed by atoms with Gasteiger partial charge in [-0.2, -0.15) is 0 Å². The Hall–Kier alpha value is -5.71. The van der Waals surface area contributed by atoms with Crippen molar-refractivity contribution in [3.05, 3.63) is 151 Å². The van der Waals surface area contributed by atoms with Crippen molar-refractivity contribution in [2.24, 2.45) is 0 Å². The monoisotopic (exact) mass is 620 g/mol. The molecule has 2 heterocycles. The Bertz CT molecular complexity index is 2540. The predicted octanol–water partition coefficient (Wildman–Crippen LogP) is 12.7. The van der Waals surface area contributed by atoms with E-state index in [1.165, 1.54) is 42.1 Å². The number of thiophene rings is 1. The van der Waals surface area contributed by atoms with Gasteiger partial charge in [0.15, 0.2) is 5.76 Å². The van der Waals surface area contributed by atoms with Gasteiger partial charge in [-0.15, -0.1) is 11.3 Å². The van der Waals surface area contributed by atoms with E-state index in [1.807, 2.05) is 41.7 Å². The largest absolute Gasteiger partial charge is 0.435 e. The van der Waals surface area contributed by atoms with Gasteiger partial charge in [0.1, 0.15) is 5.69 Å². The fraction of sp³-hybridized carbons (Fsp3) is 0.0465. The number of benzene rings is 6. The van der Waals surface area contributed by atoms with E-state index in [4.69, 9.17) is 9.40 Å². The molecule has 8 aromatic rings. The van der Waals surface area contributed by atoms with Crippen molar-refractivity contribution in [1.29, 1.82) is 0 Å². The van der Waals surface area contributed by atoms with Crippen LogP contribution in [0.1, 0.15) is 18.4 Å². The van der Waals surface area contributed by atoms with Crippen LogP contribution in [0.15, 0.2) is 150 Å². The van der Waals surface area contributed by atoms with Crippen molar-refractivity contribution in [2.75, 3.05) is 4.90 Å². The first kappa shape index (κ1) is 26.5. The first-order chi connectivity index (χ1) is 23.3. The Labute approximate surface area is 276 Å². The summed E-state index contributed by atoms with van der Waals surface area (Å²) in [6.07, 6.45) is 8.82. The standard InChI is InChI=1S/C43H28N2OS/c1-3-10-27(11-4-1)28-18-20-30(21-19-28)45(31-22-23-33-32-14-7-8-17-38(32)47-39(33)26-31)37-25-24-35-40-34(37)15-9-16-36(40)42-41(35)44-43(46-42)29-12-5-2-6-13-29/h1-3,5-10,12-26H,4,11H2. The molecule has 2 aliphatic carbocycles. The Kier molecular flexibility index (Phi) is 5.87. The quantitative estimate of drug-likeness (QED) is 0.192. The smallest absolute Gasteiger partial charge is 0.227 e. The average molecular weight is 621 g/mol. The molecule has 0 amide bonds. The summed E-state index contributed by atoms with van der Waals surface area (Å²) >= 11 is 1.85. The molecule has 47 heavy (non-hydrogen) atoms. The van der Waals surface area contributed by atoms with Crippen molar-refractivity contribution in [3.8, 4) is 34.0 Å². The zero-order chi connectivity index (χ0) is 30.9. The lowest BCUT2D eigenvalue weighted by Crippen LogP contribution is -2.10. The third kappa shape index (κ3) is 4.15. The molecule has 0 fully saturated rings. The summed E-state index contributed by atoms with van der Waals surface area (Å²) in [5, 5.41) is 4.97. The summed E-state index contributed by atoms with van der Waals surface area (Å²) in [4.78, 5) is 7.42. The average Bonchev–Trinajstić information content (AvgIpc) is 3.82. The van der Waals surface area contributed by atoms with E-state index in [1.54, 1.807) is 0 Å². The molecule has 0 unspecified atom stereocenters. The van der Waals surface area contributed by atoms with Crippen LogP contribution in [0.5, 0.6) is 0 Å². The van der Waals surface area contributed by atoms with Gasteiger partial charge in [-0.1, -0.05) is 91.0 Å². The Morgan fingerprint density at radius 2 is 1.45 bits per heavy atom. The van der Waals surface area contributed by atoms with Gasteiger partial charge in [-0.05, 0) is 78.6 Å². The molecule has 0 aliphatic heterocycles. The highest BCUT2D eigenvalue weighted by atomic mass is 32.1. The van der Waals surface area contributed by atoms with E-state index in [2.05, 4.69) is 120 Å². The molecule has 2 aromatic heterocycles. The van der Waals surface area contributed by atoms with Crippen LogP contribution >= 0.6 is 11.3 Å². The first-order valence-corrected chi connectivity index (χ1v) is 16.9. The molecule has 0 bridgehead atoms. The van der Waals surface area contributed by atoms with Crippen LogP contribution in [0.2, 0.25) is 0 Å². The van der Waals surface area contributed by atoms with Gasteiger partial charge in [0, 0.05) is 59.0 Å². The highest BCUT2D eigenvalue weighted by Crippen LogP contribution is 2.52. The normalized spacial score (nSPS) is 13.4. The van der Waals surface area contributed by atoms with Crippen molar-refractivity contribution >= 4 is 64.9 Å². The molecule has 3 nitrogen and oxygen atoms in total. The fourth-order valence-corrected chi connectivity index (χ4v) is 8.45.